The van der Waals surface area contributed by atoms with Gasteiger partial charge in [0.2, 0.25) is 5.62 Å². The van der Waals surface area contributed by atoms with Crippen LogP contribution in [-0.4, -0.2) is 41.1 Å². The topological polar surface area (TPSA) is 138 Å². The minimum absolute atomic E-state index is 0.0424. The van der Waals surface area contributed by atoms with Crippen LogP contribution in [0.5, 0.6) is 11.5 Å². The number of nitrogen functional groups attached to an aromatic ring is 1. The van der Waals surface area contributed by atoms with Crippen molar-refractivity contribution in [2.24, 2.45) is 5.73 Å². The lowest BCUT2D eigenvalue weighted by Crippen LogP contribution is -2.25. The SMILES string of the molecule is CNC(=N)c1ccc(OCCCCn2ccn(CCCOc3ccc(C(=N)N)cc3)c2=N)cc1. The van der Waals surface area contributed by atoms with E-state index in [-0.39, 0.29) is 5.84 Å². The lowest BCUT2D eigenvalue weighted by Gasteiger charge is -2.09. The first-order chi connectivity index (χ1) is 16.5. The molecule has 0 bridgehead atoms. The maximum absolute atomic E-state index is 8.37. The Kier molecular flexibility index (Phi) is 8.90. The molecule has 0 aliphatic carbocycles. The Morgan fingerprint density at radius 2 is 1.29 bits per heavy atom. The molecule has 1 aromatic heterocycles. The first-order valence-electron chi connectivity index (χ1n) is 11.3. The van der Waals surface area contributed by atoms with Crippen LogP contribution in [-0.2, 0) is 13.1 Å². The zero-order chi connectivity index (χ0) is 24.3. The largest absolute Gasteiger partial charge is 0.494 e. The Balaban J connectivity index is 1.33. The van der Waals surface area contributed by atoms with E-state index in [1.807, 2.05) is 57.9 Å². The zero-order valence-electron chi connectivity index (χ0n) is 19.5. The number of unbranched alkanes of at least 4 members (excludes halogenated alkanes) is 1. The first kappa shape index (κ1) is 24.6. The Bertz CT molecular complexity index is 1130. The molecular weight excluding hydrogens is 430 g/mol. The average molecular weight is 464 g/mol. The highest BCUT2D eigenvalue weighted by atomic mass is 16.5. The summed E-state index contributed by atoms with van der Waals surface area (Å²) in [7, 11) is 1.73. The van der Waals surface area contributed by atoms with E-state index in [4.69, 9.17) is 31.4 Å². The van der Waals surface area contributed by atoms with Crippen molar-refractivity contribution >= 4 is 11.7 Å². The molecule has 0 saturated heterocycles. The number of aromatic nitrogens is 2. The Morgan fingerprint density at radius 1 is 0.794 bits per heavy atom. The number of nitrogens with two attached hydrogens (primary N) is 1. The van der Waals surface area contributed by atoms with E-state index in [9.17, 15) is 0 Å². The van der Waals surface area contributed by atoms with E-state index in [1.165, 1.54) is 0 Å². The smallest absolute Gasteiger partial charge is 0.202 e. The number of ether oxygens (including phenoxy) is 2. The van der Waals surface area contributed by atoms with Crippen LogP contribution in [0.25, 0.3) is 0 Å². The molecule has 0 fully saturated rings. The Hall–Kier alpha value is -4.01. The van der Waals surface area contributed by atoms with E-state index in [0.29, 0.717) is 36.8 Å². The van der Waals surface area contributed by atoms with Gasteiger partial charge in [-0.05, 0) is 67.8 Å². The van der Waals surface area contributed by atoms with E-state index >= 15 is 0 Å². The maximum Gasteiger partial charge on any atom is 0.202 e. The van der Waals surface area contributed by atoms with Gasteiger partial charge in [-0.3, -0.25) is 16.2 Å². The van der Waals surface area contributed by atoms with Crippen molar-refractivity contribution in [3.8, 4) is 11.5 Å². The minimum Gasteiger partial charge on any atom is -0.494 e. The number of rotatable bonds is 13. The monoisotopic (exact) mass is 463 g/mol. The molecule has 6 N–H and O–H groups in total. The van der Waals surface area contributed by atoms with Crippen LogP contribution < -0.4 is 26.1 Å². The van der Waals surface area contributed by atoms with E-state index in [0.717, 1.165) is 42.9 Å². The standard InChI is InChI=1S/C25H33N7O2/c1-30-24(28)20-7-11-22(12-8-20)33-17-3-2-13-31-15-16-32(25(31)29)14-4-18-34-21-9-5-19(6-10-21)23(26)27/h5-12,15-16,29H,2-4,13-14,17-18H2,1H3,(H3,26,27)(H2,28,30). The van der Waals surface area contributed by atoms with Crippen molar-refractivity contribution in [1.29, 1.82) is 16.2 Å². The lowest BCUT2D eigenvalue weighted by molar-refractivity contribution is 0.298. The summed E-state index contributed by atoms with van der Waals surface area (Å²) in [5.41, 5.74) is 7.44. The van der Waals surface area contributed by atoms with Crippen molar-refractivity contribution in [3.63, 3.8) is 0 Å². The van der Waals surface area contributed by atoms with Gasteiger partial charge in [-0.15, -0.1) is 0 Å². The predicted molar refractivity (Wildman–Crippen MR) is 133 cm³/mol. The fourth-order valence-electron chi connectivity index (χ4n) is 3.42. The van der Waals surface area contributed by atoms with Crippen molar-refractivity contribution in [2.75, 3.05) is 20.3 Å². The van der Waals surface area contributed by atoms with Gasteiger partial charge in [-0.2, -0.15) is 0 Å². The summed E-state index contributed by atoms with van der Waals surface area (Å²) in [5.74, 6) is 1.97. The quantitative estimate of drug-likeness (QED) is 0.151. The third-order valence-corrected chi connectivity index (χ3v) is 5.40. The van der Waals surface area contributed by atoms with Crippen LogP contribution in [0.4, 0.5) is 0 Å². The molecule has 2 aromatic carbocycles. The molecule has 0 atom stereocenters. The van der Waals surface area contributed by atoms with Gasteiger partial charge in [-0.25, -0.2) is 0 Å². The normalized spacial score (nSPS) is 10.6. The van der Waals surface area contributed by atoms with Gasteiger partial charge in [0.15, 0.2) is 0 Å². The van der Waals surface area contributed by atoms with Crippen molar-refractivity contribution in [2.45, 2.75) is 32.4 Å². The number of benzene rings is 2. The fourth-order valence-corrected chi connectivity index (χ4v) is 3.42. The zero-order valence-corrected chi connectivity index (χ0v) is 19.5. The lowest BCUT2D eigenvalue weighted by atomic mass is 10.2. The van der Waals surface area contributed by atoms with Gasteiger partial charge in [0.25, 0.3) is 0 Å². The number of amidine groups is 2. The number of nitrogens with one attached hydrogen (secondary N) is 4. The molecule has 0 saturated carbocycles. The summed E-state index contributed by atoms with van der Waals surface area (Å²) in [6.45, 7) is 2.64. The van der Waals surface area contributed by atoms with E-state index in [2.05, 4.69) is 5.32 Å². The summed E-state index contributed by atoms with van der Waals surface area (Å²) < 4.78 is 15.4. The molecule has 3 rings (SSSR count). The minimum atomic E-state index is 0.0424. The molecule has 9 heteroatoms. The van der Waals surface area contributed by atoms with Crippen LogP contribution in [0, 0.1) is 16.2 Å². The van der Waals surface area contributed by atoms with Crippen molar-refractivity contribution < 1.29 is 9.47 Å². The Morgan fingerprint density at radius 3 is 1.82 bits per heavy atom. The van der Waals surface area contributed by atoms with Crippen molar-refractivity contribution in [3.05, 3.63) is 77.7 Å². The van der Waals surface area contributed by atoms with Gasteiger partial charge in [0.1, 0.15) is 23.2 Å². The molecule has 1 heterocycles. The van der Waals surface area contributed by atoms with Gasteiger partial charge in [0, 0.05) is 43.7 Å². The molecule has 0 aliphatic rings. The van der Waals surface area contributed by atoms with Gasteiger partial charge in [-0.1, -0.05) is 0 Å². The summed E-state index contributed by atoms with van der Waals surface area (Å²) in [5, 5.41) is 26.4. The number of hydrogen-bond acceptors (Lipinski definition) is 5. The van der Waals surface area contributed by atoms with Gasteiger partial charge < -0.3 is 29.7 Å². The Labute approximate surface area is 199 Å². The molecule has 0 spiro atoms. The molecule has 180 valence electrons. The molecule has 0 unspecified atom stereocenters. The molecular formula is C25H33N7O2. The van der Waals surface area contributed by atoms with Crippen LogP contribution in [0.1, 0.15) is 30.4 Å². The average Bonchev–Trinajstić information content (AvgIpc) is 3.20. The van der Waals surface area contributed by atoms with Crippen LogP contribution in [0.15, 0.2) is 60.9 Å². The number of imidazole rings is 1. The second-order valence-electron chi connectivity index (χ2n) is 7.85. The van der Waals surface area contributed by atoms with Gasteiger partial charge >= 0.3 is 0 Å². The summed E-state index contributed by atoms with van der Waals surface area (Å²) in [6, 6.07) is 14.7. The van der Waals surface area contributed by atoms with Crippen LogP contribution >= 0.6 is 0 Å². The summed E-state index contributed by atoms with van der Waals surface area (Å²) >= 11 is 0. The second-order valence-corrected chi connectivity index (χ2v) is 7.85. The summed E-state index contributed by atoms with van der Waals surface area (Å²) in [4.78, 5) is 0. The fraction of sp³-hybridized carbons (Fsp3) is 0.320. The highest BCUT2D eigenvalue weighted by molar-refractivity contribution is 5.96. The third kappa shape index (κ3) is 6.99. The maximum atomic E-state index is 8.37. The molecule has 34 heavy (non-hydrogen) atoms. The molecule has 3 aromatic rings. The molecule has 0 amide bonds. The third-order valence-electron chi connectivity index (χ3n) is 5.40. The molecule has 9 nitrogen and oxygen atoms in total. The molecule has 0 aliphatic heterocycles. The second kappa shape index (κ2) is 12.3. The van der Waals surface area contributed by atoms with E-state index < -0.39 is 0 Å². The van der Waals surface area contributed by atoms with Crippen LogP contribution in [0.2, 0.25) is 0 Å². The number of nitrogens with zero attached hydrogens (tertiary/aromatic N) is 2. The summed E-state index contributed by atoms with van der Waals surface area (Å²) in [6.07, 6.45) is 6.48. The number of aryl methyl sites for hydroxylation is 2. The first-order valence-corrected chi connectivity index (χ1v) is 11.3. The van der Waals surface area contributed by atoms with E-state index in [1.54, 1.807) is 19.2 Å². The highest BCUT2D eigenvalue weighted by Crippen LogP contribution is 2.13. The van der Waals surface area contributed by atoms with Crippen LogP contribution in [0.3, 0.4) is 0 Å². The number of hydrogen-bond donors (Lipinski definition) is 5. The highest BCUT2D eigenvalue weighted by Gasteiger charge is 2.03. The van der Waals surface area contributed by atoms with Gasteiger partial charge in [0.05, 0.1) is 13.2 Å². The van der Waals surface area contributed by atoms with Crippen molar-refractivity contribution in [1.82, 2.24) is 14.5 Å². The predicted octanol–water partition coefficient (Wildman–Crippen LogP) is 2.93. The molecule has 0 radical (unpaired) electrons.